The molecule has 1 atom stereocenters. The molecule has 0 bridgehead atoms. The van der Waals surface area contributed by atoms with Crippen molar-refractivity contribution in [2.75, 3.05) is 34.2 Å². The predicted molar refractivity (Wildman–Crippen MR) is 62.2 cm³/mol. The summed E-state index contributed by atoms with van der Waals surface area (Å²) in [6, 6.07) is 0.232. The lowest BCUT2D eigenvalue weighted by molar-refractivity contribution is -0.122. The number of carbonyl (C=O) groups excluding carboxylic acids is 1. The largest absolute Gasteiger partial charge is 0.309 e. The minimum atomic E-state index is -0.109. The van der Waals surface area contributed by atoms with Crippen LogP contribution in [0.15, 0.2) is 0 Å². The molecule has 0 fully saturated rings. The summed E-state index contributed by atoms with van der Waals surface area (Å²) >= 11 is 0. The molecule has 0 aliphatic carbocycles. The highest BCUT2D eigenvalue weighted by Gasteiger charge is 2.12. The summed E-state index contributed by atoms with van der Waals surface area (Å²) in [5, 5.41) is 0. The number of nitrogens with zero attached hydrogens (tertiary/aromatic N) is 2. The number of nitrogens with one attached hydrogen (secondary N) is 1. The first-order chi connectivity index (χ1) is 6.97. The molecule has 0 aliphatic heterocycles. The molecule has 0 saturated heterocycles. The zero-order chi connectivity index (χ0) is 11.8. The molecule has 0 aromatic rings. The highest BCUT2D eigenvalue weighted by molar-refractivity contribution is 5.75. The van der Waals surface area contributed by atoms with E-state index in [0.29, 0.717) is 6.42 Å². The predicted octanol–water partition coefficient (Wildman–Crippen LogP) is -0.362. The summed E-state index contributed by atoms with van der Waals surface area (Å²) < 4.78 is 0. The maximum Gasteiger partial charge on any atom is 0.235 e. The monoisotopic (exact) mass is 216 g/mol. The minimum Gasteiger partial charge on any atom is -0.309 e. The molecule has 0 saturated carbocycles. The number of amides is 1. The fraction of sp³-hybridized carbons (Fsp3) is 0.900. The first kappa shape index (κ1) is 14.3. The van der Waals surface area contributed by atoms with Crippen molar-refractivity contribution >= 4 is 5.91 Å². The zero-order valence-corrected chi connectivity index (χ0v) is 10.3. The Morgan fingerprint density at radius 2 is 1.93 bits per heavy atom. The van der Waals surface area contributed by atoms with Crippen LogP contribution in [0.4, 0.5) is 0 Å². The third-order valence-corrected chi connectivity index (χ3v) is 2.51. The van der Waals surface area contributed by atoms with Crippen LogP contribution >= 0.6 is 0 Å². The third-order valence-electron chi connectivity index (χ3n) is 2.51. The van der Waals surface area contributed by atoms with Crippen LogP contribution in [0.5, 0.6) is 0 Å². The molecule has 15 heavy (non-hydrogen) atoms. The molecule has 1 amide bonds. The van der Waals surface area contributed by atoms with Gasteiger partial charge in [-0.3, -0.25) is 10.2 Å². The maximum atomic E-state index is 11.0. The molecule has 3 N–H and O–H groups in total. The van der Waals surface area contributed by atoms with Gasteiger partial charge in [0.15, 0.2) is 0 Å². The van der Waals surface area contributed by atoms with E-state index in [1.165, 1.54) is 0 Å². The number of hydrogen-bond acceptors (Lipinski definition) is 4. The lowest BCUT2D eigenvalue weighted by Crippen LogP contribution is -2.38. The van der Waals surface area contributed by atoms with Crippen LogP contribution in [0.1, 0.15) is 19.8 Å². The Bertz CT molecular complexity index is 184. The summed E-state index contributed by atoms with van der Waals surface area (Å²) in [5.74, 6) is 4.93. The summed E-state index contributed by atoms with van der Waals surface area (Å²) in [4.78, 5) is 15.4. The van der Waals surface area contributed by atoms with E-state index in [1.807, 2.05) is 14.0 Å². The van der Waals surface area contributed by atoms with Gasteiger partial charge in [0.2, 0.25) is 5.91 Å². The smallest absolute Gasteiger partial charge is 0.235 e. The lowest BCUT2D eigenvalue weighted by Gasteiger charge is -2.24. The second kappa shape index (κ2) is 7.62. The Labute approximate surface area is 92.6 Å². The van der Waals surface area contributed by atoms with Gasteiger partial charge in [-0.15, -0.1) is 0 Å². The van der Waals surface area contributed by atoms with Crippen LogP contribution in [-0.4, -0.2) is 56.0 Å². The zero-order valence-electron chi connectivity index (χ0n) is 10.3. The number of rotatable bonds is 7. The van der Waals surface area contributed by atoms with E-state index in [1.54, 1.807) is 0 Å². The summed E-state index contributed by atoms with van der Waals surface area (Å²) in [6.45, 7) is 4.10. The van der Waals surface area contributed by atoms with Gasteiger partial charge in [-0.05, 0) is 47.6 Å². The van der Waals surface area contributed by atoms with Gasteiger partial charge < -0.3 is 9.80 Å². The Morgan fingerprint density at radius 1 is 1.33 bits per heavy atom. The molecule has 5 nitrogen and oxygen atoms in total. The van der Waals surface area contributed by atoms with E-state index in [0.717, 1.165) is 19.5 Å². The molecule has 0 radical (unpaired) electrons. The quantitative estimate of drug-likeness (QED) is 0.346. The van der Waals surface area contributed by atoms with Gasteiger partial charge in [0.1, 0.15) is 0 Å². The number of hydrazine groups is 1. The second-order valence-electron chi connectivity index (χ2n) is 4.26. The molecular weight excluding hydrogens is 192 g/mol. The van der Waals surface area contributed by atoms with Crippen molar-refractivity contribution in [3.05, 3.63) is 0 Å². The van der Waals surface area contributed by atoms with Crippen LogP contribution in [-0.2, 0) is 4.79 Å². The van der Waals surface area contributed by atoms with Gasteiger partial charge in [-0.1, -0.05) is 0 Å². The van der Waals surface area contributed by atoms with Gasteiger partial charge in [0.05, 0.1) is 0 Å². The molecule has 0 rings (SSSR count). The van der Waals surface area contributed by atoms with Crippen LogP contribution in [0, 0.1) is 0 Å². The lowest BCUT2D eigenvalue weighted by atomic mass is 10.2. The number of hydrogen-bond donors (Lipinski definition) is 2. The fourth-order valence-corrected chi connectivity index (χ4v) is 1.34. The number of nitrogens with two attached hydrogens (primary N) is 1. The van der Waals surface area contributed by atoms with Gasteiger partial charge in [-0.25, -0.2) is 5.84 Å². The van der Waals surface area contributed by atoms with Crippen molar-refractivity contribution in [2.45, 2.75) is 25.8 Å². The maximum absolute atomic E-state index is 11.0. The van der Waals surface area contributed by atoms with Crippen molar-refractivity contribution in [3.8, 4) is 0 Å². The molecular formula is C10H24N4O. The van der Waals surface area contributed by atoms with E-state index >= 15 is 0 Å². The Balaban J connectivity index is 3.68. The second-order valence-corrected chi connectivity index (χ2v) is 4.26. The van der Waals surface area contributed by atoms with Gasteiger partial charge in [0.25, 0.3) is 0 Å². The van der Waals surface area contributed by atoms with E-state index in [4.69, 9.17) is 5.84 Å². The topological polar surface area (TPSA) is 61.6 Å². The summed E-state index contributed by atoms with van der Waals surface area (Å²) in [7, 11) is 6.15. The van der Waals surface area contributed by atoms with Crippen LogP contribution in [0.25, 0.3) is 0 Å². The van der Waals surface area contributed by atoms with Gasteiger partial charge >= 0.3 is 0 Å². The van der Waals surface area contributed by atoms with Crippen LogP contribution in [0.2, 0.25) is 0 Å². The Morgan fingerprint density at radius 3 is 2.40 bits per heavy atom. The first-order valence-corrected chi connectivity index (χ1v) is 5.31. The van der Waals surface area contributed by atoms with Crippen molar-refractivity contribution < 1.29 is 4.79 Å². The summed E-state index contributed by atoms with van der Waals surface area (Å²) in [6.07, 6.45) is 1.56. The van der Waals surface area contributed by atoms with Crippen molar-refractivity contribution in [2.24, 2.45) is 5.84 Å². The minimum absolute atomic E-state index is 0.109. The SMILES string of the molecule is CC(CC(=O)NN)N(C)CCCN(C)C. The first-order valence-electron chi connectivity index (χ1n) is 5.31. The van der Waals surface area contributed by atoms with E-state index < -0.39 is 0 Å². The van der Waals surface area contributed by atoms with Crippen molar-refractivity contribution in [1.82, 2.24) is 15.2 Å². The molecule has 1 unspecified atom stereocenters. The Hall–Kier alpha value is -0.650. The van der Waals surface area contributed by atoms with Gasteiger partial charge in [0, 0.05) is 12.5 Å². The molecule has 0 spiro atoms. The molecule has 90 valence electrons. The fourth-order valence-electron chi connectivity index (χ4n) is 1.34. The van der Waals surface area contributed by atoms with Crippen molar-refractivity contribution in [3.63, 3.8) is 0 Å². The van der Waals surface area contributed by atoms with E-state index in [9.17, 15) is 4.79 Å². The standard InChI is InChI=1S/C10H24N4O/c1-9(8-10(15)12-11)14(4)7-5-6-13(2)3/h9H,5-8,11H2,1-4H3,(H,12,15). The number of carbonyl (C=O) groups is 1. The molecule has 0 aromatic heterocycles. The average Bonchev–Trinajstić information content (AvgIpc) is 2.16. The van der Waals surface area contributed by atoms with E-state index in [2.05, 4.69) is 29.3 Å². The van der Waals surface area contributed by atoms with Gasteiger partial charge in [-0.2, -0.15) is 0 Å². The molecule has 5 heteroatoms. The van der Waals surface area contributed by atoms with Crippen molar-refractivity contribution in [1.29, 1.82) is 0 Å². The highest BCUT2D eigenvalue weighted by Crippen LogP contribution is 2.01. The van der Waals surface area contributed by atoms with Crippen LogP contribution < -0.4 is 11.3 Å². The molecule has 0 aliphatic rings. The average molecular weight is 216 g/mol. The highest BCUT2D eigenvalue weighted by atomic mass is 16.2. The normalized spacial score (nSPS) is 13.3. The molecule has 0 heterocycles. The Kier molecular flexibility index (Phi) is 7.29. The van der Waals surface area contributed by atoms with Crippen LogP contribution in [0.3, 0.4) is 0 Å². The third kappa shape index (κ3) is 7.30. The summed E-state index contributed by atoms with van der Waals surface area (Å²) in [5.41, 5.74) is 2.15. The van der Waals surface area contributed by atoms with E-state index in [-0.39, 0.29) is 11.9 Å². The molecule has 0 aromatic carbocycles.